The molecule has 1 aliphatic rings. The molecular formula is C13H22N2O3. The maximum Gasteiger partial charge on any atom is 0.283 e. The van der Waals surface area contributed by atoms with Gasteiger partial charge in [-0.05, 0) is 18.9 Å². The maximum atomic E-state index is 11.2. The van der Waals surface area contributed by atoms with Crippen LogP contribution < -0.4 is 11.3 Å². The number of aliphatic hydroxyl groups excluding tert-OH is 1. The third-order valence-corrected chi connectivity index (χ3v) is 3.11. The molecule has 102 valence electrons. The molecule has 1 aromatic rings. The van der Waals surface area contributed by atoms with Crippen molar-refractivity contribution in [3.63, 3.8) is 0 Å². The van der Waals surface area contributed by atoms with Crippen molar-refractivity contribution >= 4 is 0 Å². The van der Waals surface area contributed by atoms with Crippen molar-refractivity contribution in [1.29, 1.82) is 0 Å². The summed E-state index contributed by atoms with van der Waals surface area (Å²) >= 11 is 0. The van der Waals surface area contributed by atoms with E-state index in [0.29, 0.717) is 12.5 Å². The van der Waals surface area contributed by atoms with Crippen LogP contribution in [0.25, 0.3) is 0 Å². The lowest BCUT2D eigenvalue weighted by Crippen LogP contribution is -2.22. The molecule has 0 spiro atoms. The molecule has 0 amide bonds. The quantitative estimate of drug-likeness (QED) is 0.689. The van der Waals surface area contributed by atoms with Gasteiger partial charge in [0.1, 0.15) is 0 Å². The summed E-state index contributed by atoms with van der Waals surface area (Å²) in [6, 6.07) is 4.95. The minimum Gasteiger partial charge on any atom is -0.425 e. The van der Waals surface area contributed by atoms with Crippen molar-refractivity contribution < 1.29 is 10.3 Å². The molecule has 5 nitrogen and oxygen atoms in total. The van der Waals surface area contributed by atoms with Crippen LogP contribution >= 0.6 is 0 Å². The van der Waals surface area contributed by atoms with Gasteiger partial charge in [0.2, 0.25) is 0 Å². The van der Waals surface area contributed by atoms with Gasteiger partial charge in [0.05, 0.1) is 12.3 Å². The molecular weight excluding hydrogens is 232 g/mol. The molecule has 0 saturated heterocycles. The van der Waals surface area contributed by atoms with Gasteiger partial charge in [-0.15, -0.1) is 0 Å². The Labute approximate surface area is 107 Å². The molecule has 1 saturated carbocycles. The van der Waals surface area contributed by atoms with Gasteiger partial charge in [-0.3, -0.25) is 4.79 Å². The third-order valence-electron chi connectivity index (χ3n) is 3.11. The molecule has 1 fully saturated rings. The number of nitrogens with zero attached hydrogens (tertiary/aromatic N) is 1. The van der Waals surface area contributed by atoms with Gasteiger partial charge < -0.3 is 16.0 Å². The zero-order valence-corrected chi connectivity index (χ0v) is 10.6. The predicted octanol–water partition coefficient (Wildman–Crippen LogP) is 1.07. The highest BCUT2D eigenvalue weighted by Gasteiger charge is 2.18. The first-order valence-electron chi connectivity index (χ1n) is 6.43. The van der Waals surface area contributed by atoms with E-state index in [2.05, 4.69) is 0 Å². The summed E-state index contributed by atoms with van der Waals surface area (Å²) in [7, 11) is 0. The lowest BCUT2D eigenvalue weighted by molar-refractivity contribution is 0.157. The van der Waals surface area contributed by atoms with Crippen LogP contribution in [0.2, 0.25) is 0 Å². The van der Waals surface area contributed by atoms with Crippen LogP contribution in [0.4, 0.5) is 0 Å². The Kier molecular flexibility index (Phi) is 6.46. The highest BCUT2D eigenvalue weighted by molar-refractivity contribution is 5.11. The van der Waals surface area contributed by atoms with Crippen molar-refractivity contribution in [1.82, 2.24) is 4.73 Å². The summed E-state index contributed by atoms with van der Waals surface area (Å²) in [5.74, 6) is 0.364. The predicted molar refractivity (Wildman–Crippen MR) is 69.9 cm³/mol. The molecule has 0 bridgehead atoms. The zero-order valence-electron chi connectivity index (χ0n) is 10.6. The average Bonchev–Trinajstić information content (AvgIpc) is 2.43. The van der Waals surface area contributed by atoms with Gasteiger partial charge in [-0.25, -0.2) is 0 Å². The summed E-state index contributed by atoms with van der Waals surface area (Å²) in [5.41, 5.74) is 5.23. The summed E-state index contributed by atoms with van der Waals surface area (Å²) < 4.78 is 0.802. The van der Waals surface area contributed by atoms with Gasteiger partial charge in [-0.2, -0.15) is 4.73 Å². The Hall–Kier alpha value is -1.33. The van der Waals surface area contributed by atoms with E-state index in [9.17, 15) is 10.0 Å². The number of aliphatic hydroxyl groups is 1. The molecule has 0 atom stereocenters. The largest absolute Gasteiger partial charge is 0.425 e. The van der Waals surface area contributed by atoms with E-state index in [-0.39, 0.29) is 12.2 Å². The van der Waals surface area contributed by atoms with Crippen LogP contribution in [0, 0.1) is 0 Å². The Bertz CT molecular complexity index is 395. The fourth-order valence-electron chi connectivity index (χ4n) is 2.20. The average molecular weight is 254 g/mol. The lowest BCUT2D eigenvalue weighted by atomic mass is 9.87. The van der Waals surface area contributed by atoms with Gasteiger partial charge in [-0.1, -0.05) is 25.3 Å². The first-order valence-corrected chi connectivity index (χ1v) is 6.43. The van der Waals surface area contributed by atoms with Gasteiger partial charge in [0, 0.05) is 18.5 Å². The SMILES string of the molecule is NCCO.O=c1cccc(C2CCCCC2)n1O. The summed E-state index contributed by atoms with van der Waals surface area (Å²) in [4.78, 5) is 11.2. The minimum absolute atomic E-state index is 0.0972. The number of rotatable bonds is 2. The van der Waals surface area contributed by atoms with E-state index < -0.39 is 0 Å². The second kappa shape index (κ2) is 7.89. The summed E-state index contributed by atoms with van der Waals surface area (Å²) in [5, 5.41) is 17.3. The van der Waals surface area contributed by atoms with Crippen LogP contribution in [-0.2, 0) is 0 Å². The fraction of sp³-hybridized carbons (Fsp3) is 0.615. The topological polar surface area (TPSA) is 88.5 Å². The third kappa shape index (κ3) is 4.16. The fourth-order valence-corrected chi connectivity index (χ4v) is 2.20. The Morgan fingerprint density at radius 1 is 1.28 bits per heavy atom. The van der Waals surface area contributed by atoms with E-state index in [0.717, 1.165) is 23.3 Å². The molecule has 4 N–H and O–H groups in total. The Balaban J connectivity index is 0.000000357. The highest BCUT2D eigenvalue weighted by Crippen LogP contribution is 2.31. The van der Waals surface area contributed by atoms with E-state index >= 15 is 0 Å². The molecule has 0 unspecified atom stereocenters. The lowest BCUT2D eigenvalue weighted by Gasteiger charge is -2.22. The highest BCUT2D eigenvalue weighted by atomic mass is 16.5. The molecule has 0 aliphatic heterocycles. The number of hydrogen-bond acceptors (Lipinski definition) is 4. The second-order valence-corrected chi connectivity index (χ2v) is 4.45. The molecule has 1 aromatic heterocycles. The van der Waals surface area contributed by atoms with Crippen LogP contribution in [0.5, 0.6) is 0 Å². The van der Waals surface area contributed by atoms with E-state index in [1.807, 2.05) is 6.07 Å². The van der Waals surface area contributed by atoms with E-state index in [4.69, 9.17) is 10.8 Å². The van der Waals surface area contributed by atoms with Gasteiger partial charge >= 0.3 is 0 Å². The van der Waals surface area contributed by atoms with Crippen molar-refractivity contribution in [2.75, 3.05) is 13.2 Å². The smallest absolute Gasteiger partial charge is 0.283 e. The van der Waals surface area contributed by atoms with Crippen molar-refractivity contribution in [2.45, 2.75) is 38.0 Å². The standard InChI is InChI=1S/C11H15NO2.C2H7NO/c13-11-8-4-7-10(12(11)14)9-5-2-1-3-6-9;3-1-2-4/h4,7-9,14H,1-3,5-6H2;4H,1-3H2. The number of aromatic nitrogens is 1. The van der Waals surface area contributed by atoms with Crippen molar-refractivity contribution in [3.05, 3.63) is 34.2 Å². The first-order chi connectivity index (χ1) is 8.70. The summed E-state index contributed by atoms with van der Waals surface area (Å²) in [6.45, 7) is 0.472. The monoisotopic (exact) mass is 254 g/mol. The number of nitrogens with two attached hydrogens (primary N) is 1. The molecule has 2 rings (SSSR count). The van der Waals surface area contributed by atoms with E-state index in [1.165, 1.54) is 25.3 Å². The normalized spacial score (nSPS) is 15.9. The van der Waals surface area contributed by atoms with Gasteiger partial charge in [0.15, 0.2) is 0 Å². The molecule has 18 heavy (non-hydrogen) atoms. The van der Waals surface area contributed by atoms with Gasteiger partial charge in [0.25, 0.3) is 5.56 Å². The molecule has 0 aromatic carbocycles. The second-order valence-electron chi connectivity index (χ2n) is 4.45. The maximum absolute atomic E-state index is 11.2. The number of hydrogen-bond donors (Lipinski definition) is 3. The van der Waals surface area contributed by atoms with Crippen LogP contribution in [0.3, 0.4) is 0 Å². The molecule has 0 radical (unpaired) electrons. The Morgan fingerprint density at radius 3 is 2.44 bits per heavy atom. The van der Waals surface area contributed by atoms with Crippen molar-refractivity contribution in [2.24, 2.45) is 5.73 Å². The molecule has 1 heterocycles. The Morgan fingerprint density at radius 2 is 1.89 bits per heavy atom. The van der Waals surface area contributed by atoms with Crippen LogP contribution in [0.1, 0.15) is 43.7 Å². The molecule has 5 heteroatoms. The summed E-state index contributed by atoms with van der Waals surface area (Å²) in [6.07, 6.45) is 5.86. The molecule has 1 aliphatic carbocycles. The van der Waals surface area contributed by atoms with E-state index in [1.54, 1.807) is 6.07 Å². The number of pyridine rings is 1. The van der Waals surface area contributed by atoms with Crippen LogP contribution in [0.15, 0.2) is 23.0 Å². The zero-order chi connectivity index (χ0) is 13.4. The van der Waals surface area contributed by atoms with Crippen LogP contribution in [-0.4, -0.2) is 28.2 Å². The first kappa shape index (κ1) is 14.7. The van der Waals surface area contributed by atoms with Crippen molar-refractivity contribution in [3.8, 4) is 0 Å². The minimum atomic E-state index is -0.326.